The number of para-hydroxylation sites is 1. The van der Waals surface area contributed by atoms with E-state index >= 15 is 0 Å². The van der Waals surface area contributed by atoms with Gasteiger partial charge in [-0.1, -0.05) is 48.0 Å². The fraction of sp³-hybridized carbons (Fsp3) is 0.333. The van der Waals surface area contributed by atoms with E-state index in [9.17, 15) is 28.2 Å². The third-order valence-corrected chi connectivity index (χ3v) is 10.3. The van der Waals surface area contributed by atoms with Gasteiger partial charge in [-0.25, -0.2) is 26.8 Å². The average Bonchev–Trinajstić information content (AvgIpc) is 3.34. The monoisotopic (exact) mass is 626 g/mol. The molecular weight excluding hydrogens is 594 g/mol. The zero-order valence-electron chi connectivity index (χ0n) is 24.2. The number of piperidine rings is 1. The molecule has 3 heterocycles. The average molecular weight is 627 g/mol. The molecule has 5 rings (SSSR count). The summed E-state index contributed by atoms with van der Waals surface area (Å²) in [6.07, 6.45) is 1.88. The number of nitrogens with one attached hydrogen (secondary N) is 1. The van der Waals surface area contributed by atoms with Gasteiger partial charge in [0, 0.05) is 17.1 Å². The molecule has 4 aromatic rings. The molecule has 0 aliphatic carbocycles. The van der Waals surface area contributed by atoms with E-state index < -0.39 is 43.6 Å². The molecule has 2 aromatic heterocycles. The molecule has 3 unspecified atom stereocenters. The summed E-state index contributed by atoms with van der Waals surface area (Å²) in [6, 6.07) is 14.4. The standard InChI is InChI=1S/C30H32ClN5O6S/c1-29(2,3)36(28(39)40)17-19(14-30(4,18-36)26(37)38)33-27-32-15-23(31)25(34-27)22-16-35(24-13-9-8-12-21(22)24)43(41,42)20-10-6-5-7-11-20/h5-13,15-16,19H,14,17-18H2,1-4H3,(H2-,32,33,34,37,38,39,40)/p+1. The highest BCUT2D eigenvalue weighted by atomic mass is 35.5. The zero-order valence-corrected chi connectivity index (χ0v) is 25.7. The minimum Gasteiger partial charge on any atom is -0.481 e. The molecule has 1 saturated heterocycles. The highest BCUT2D eigenvalue weighted by molar-refractivity contribution is 7.90. The predicted molar refractivity (Wildman–Crippen MR) is 163 cm³/mol. The van der Waals surface area contributed by atoms with Crippen molar-refractivity contribution in [3.05, 3.63) is 72.0 Å². The minimum atomic E-state index is -3.95. The van der Waals surface area contributed by atoms with Crippen molar-refractivity contribution >= 4 is 50.5 Å². The van der Waals surface area contributed by atoms with Gasteiger partial charge in [0.2, 0.25) is 5.95 Å². The van der Waals surface area contributed by atoms with Crippen LogP contribution in [0.4, 0.5) is 10.7 Å². The second kappa shape index (κ2) is 10.6. The molecule has 2 aromatic carbocycles. The fourth-order valence-corrected chi connectivity index (χ4v) is 7.54. The number of nitrogens with zero attached hydrogens (tertiary/aromatic N) is 4. The van der Waals surface area contributed by atoms with Crippen LogP contribution in [0.1, 0.15) is 34.1 Å². The van der Waals surface area contributed by atoms with E-state index in [0.29, 0.717) is 16.5 Å². The summed E-state index contributed by atoms with van der Waals surface area (Å²) in [5.74, 6) is -0.976. The molecule has 11 nitrogen and oxygen atoms in total. The molecule has 0 bridgehead atoms. The largest absolute Gasteiger partial charge is 0.514 e. The van der Waals surface area contributed by atoms with Crippen molar-refractivity contribution in [1.82, 2.24) is 13.9 Å². The Morgan fingerprint density at radius 3 is 2.37 bits per heavy atom. The first-order valence-electron chi connectivity index (χ1n) is 13.6. The van der Waals surface area contributed by atoms with Gasteiger partial charge < -0.3 is 15.5 Å². The fourth-order valence-electron chi connectivity index (χ4n) is 5.96. The quantitative estimate of drug-likeness (QED) is 0.234. The second-order valence-corrected chi connectivity index (χ2v) is 14.5. The molecule has 13 heteroatoms. The number of aromatic nitrogens is 3. The third-order valence-electron chi connectivity index (χ3n) is 8.32. The topological polar surface area (TPSA) is 151 Å². The van der Waals surface area contributed by atoms with E-state index in [0.717, 1.165) is 0 Å². The number of halogens is 1. The normalized spacial score (nSPS) is 22.8. The zero-order chi connectivity index (χ0) is 31.4. The number of amides is 1. The van der Waals surface area contributed by atoms with Crippen LogP contribution in [0.15, 0.2) is 71.9 Å². The molecule has 1 aliphatic rings. The number of rotatable bonds is 6. The maximum Gasteiger partial charge on any atom is 0.514 e. The number of hydrogen-bond donors (Lipinski definition) is 3. The molecule has 0 spiro atoms. The maximum absolute atomic E-state index is 13.6. The van der Waals surface area contributed by atoms with Crippen LogP contribution in [0.3, 0.4) is 0 Å². The Morgan fingerprint density at radius 1 is 1.09 bits per heavy atom. The predicted octanol–water partition coefficient (Wildman–Crippen LogP) is 5.56. The van der Waals surface area contributed by atoms with Crippen LogP contribution in [0.2, 0.25) is 5.02 Å². The first-order valence-corrected chi connectivity index (χ1v) is 15.5. The maximum atomic E-state index is 13.6. The summed E-state index contributed by atoms with van der Waals surface area (Å²) in [6.45, 7) is 6.91. The Kier molecular flexibility index (Phi) is 7.52. The molecular formula is C30H33ClN5O6S+. The second-order valence-electron chi connectivity index (χ2n) is 12.2. The number of likely N-dealkylation sites (tertiary alicyclic amines) is 1. The van der Waals surface area contributed by atoms with Gasteiger partial charge in [-0.05, 0) is 52.3 Å². The van der Waals surface area contributed by atoms with Crippen LogP contribution < -0.4 is 5.32 Å². The van der Waals surface area contributed by atoms with Crippen LogP contribution >= 0.6 is 11.6 Å². The first kappa shape index (κ1) is 30.5. The number of carboxylic acid groups (broad SMARTS) is 2. The van der Waals surface area contributed by atoms with Crippen molar-refractivity contribution < 1.29 is 32.7 Å². The molecule has 226 valence electrons. The lowest BCUT2D eigenvalue weighted by molar-refractivity contribution is -0.913. The van der Waals surface area contributed by atoms with Crippen molar-refractivity contribution in [2.24, 2.45) is 5.41 Å². The first-order chi connectivity index (χ1) is 20.1. The molecule has 1 fully saturated rings. The van der Waals surface area contributed by atoms with Gasteiger partial charge in [0.25, 0.3) is 10.0 Å². The van der Waals surface area contributed by atoms with E-state index in [1.807, 2.05) is 0 Å². The molecule has 1 amide bonds. The lowest BCUT2D eigenvalue weighted by Crippen LogP contribution is -2.73. The molecule has 43 heavy (non-hydrogen) atoms. The Hall–Kier alpha value is -4.00. The van der Waals surface area contributed by atoms with Gasteiger partial charge in [-0.15, -0.1) is 0 Å². The number of fused-ring (bicyclic) bond motifs is 1. The molecule has 0 radical (unpaired) electrons. The lowest BCUT2D eigenvalue weighted by atomic mass is 9.76. The Bertz CT molecular complexity index is 1840. The Balaban J connectivity index is 1.58. The van der Waals surface area contributed by atoms with E-state index in [2.05, 4.69) is 15.3 Å². The molecule has 3 atom stereocenters. The summed E-state index contributed by atoms with van der Waals surface area (Å²) < 4.78 is 27.9. The number of hydrogen-bond acceptors (Lipinski definition) is 7. The van der Waals surface area contributed by atoms with Crippen molar-refractivity contribution in [1.29, 1.82) is 0 Å². The number of carboxylic acids is 1. The summed E-state index contributed by atoms with van der Waals surface area (Å²) in [4.78, 5) is 34.1. The summed E-state index contributed by atoms with van der Waals surface area (Å²) in [7, 11) is -3.95. The van der Waals surface area contributed by atoms with Gasteiger partial charge in [-0.2, -0.15) is 4.79 Å². The SMILES string of the molecule is CC1(C(=O)O)CC(Nc2ncc(Cl)c(-c3cn(S(=O)(=O)c4ccccc4)c4ccccc34)n2)C[N+](C(=O)O)(C(C)(C)C)C1. The van der Waals surface area contributed by atoms with E-state index in [4.69, 9.17) is 11.6 Å². The Labute approximate surface area is 254 Å². The van der Waals surface area contributed by atoms with Gasteiger partial charge in [0.15, 0.2) is 0 Å². The Morgan fingerprint density at radius 2 is 1.74 bits per heavy atom. The number of anilines is 1. The highest BCUT2D eigenvalue weighted by Crippen LogP contribution is 2.41. The van der Waals surface area contributed by atoms with Crippen LogP contribution in [0.5, 0.6) is 0 Å². The van der Waals surface area contributed by atoms with Crippen molar-refractivity contribution in [3.63, 3.8) is 0 Å². The summed E-state index contributed by atoms with van der Waals surface area (Å²) >= 11 is 6.58. The van der Waals surface area contributed by atoms with E-state index in [-0.39, 0.29) is 41.1 Å². The number of carbonyl (C=O) groups is 2. The summed E-state index contributed by atoms with van der Waals surface area (Å²) in [5.41, 5.74) is -0.987. The van der Waals surface area contributed by atoms with Crippen molar-refractivity contribution in [3.8, 4) is 11.3 Å². The van der Waals surface area contributed by atoms with Gasteiger partial charge in [-0.3, -0.25) is 4.79 Å². The van der Waals surface area contributed by atoms with E-state index in [1.54, 1.807) is 70.2 Å². The van der Waals surface area contributed by atoms with Gasteiger partial charge in [0.1, 0.15) is 24.0 Å². The third kappa shape index (κ3) is 5.23. The number of benzene rings is 2. The van der Waals surface area contributed by atoms with Gasteiger partial charge >= 0.3 is 12.1 Å². The van der Waals surface area contributed by atoms with Crippen LogP contribution in [0, 0.1) is 5.41 Å². The van der Waals surface area contributed by atoms with E-state index in [1.165, 1.54) is 28.5 Å². The number of aliphatic carboxylic acids is 1. The molecule has 0 saturated carbocycles. The van der Waals surface area contributed by atoms with Crippen LogP contribution in [-0.4, -0.2) is 73.8 Å². The highest BCUT2D eigenvalue weighted by Gasteiger charge is 2.59. The smallest absolute Gasteiger partial charge is 0.481 e. The van der Waals surface area contributed by atoms with Crippen molar-refractivity contribution in [2.45, 2.75) is 50.6 Å². The molecule has 1 aliphatic heterocycles. The summed E-state index contributed by atoms with van der Waals surface area (Å²) in [5, 5.41) is 24.4. The number of quaternary nitrogens is 1. The van der Waals surface area contributed by atoms with Crippen molar-refractivity contribution in [2.75, 3.05) is 18.4 Å². The van der Waals surface area contributed by atoms with Gasteiger partial charge in [0.05, 0.1) is 33.4 Å². The minimum absolute atomic E-state index is 0.0819. The lowest BCUT2D eigenvalue weighted by Gasteiger charge is -2.52. The van der Waals surface area contributed by atoms with Crippen LogP contribution in [-0.2, 0) is 14.8 Å². The van der Waals surface area contributed by atoms with Crippen LogP contribution in [0.25, 0.3) is 22.2 Å². The molecule has 3 N–H and O–H groups in total.